The molecule has 2 spiro atoms. The van der Waals surface area contributed by atoms with Gasteiger partial charge in [0, 0.05) is 155 Å². The van der Waals surface area contributed by atoms with Gasteiger partial charge in [0.1, 0.15) is 34.2 Å². The largest absolute Gasteiger partial charge is 0.384 e. The number of hydrogen-bond acceptors (Lipinski definition) is 14. The molecule has 5 atom stereocenters. The number of nitrogens with zero attached hydrogens (tertiary/aromatic N) is 11. The zero-order valence-corrected chi connectivity index (χ0v) is 44.1. The number of amides is 2. The van der Waals surface area contributed by atoms with E-state index < -0.39 is 24.1 Å². The van der Waals surface area contributed by atoms with Gasteiger partial charge in [0.15, 0.2) is 0 Å². The molecule has 13 rings (SSSR count). The van der Waals surface area contributed by atoms with Gasteiger partial charge in [0.05, 0.1) is 51.7 Å². The number of methoxy groups -OCH3 is 1. The summed E-state index contributed by atoms with van der Waals surface area (Å²) in [6, 6.07) is 7.00. The standard InChI is InChI=1S/C57H69F4N11O5/c1-4-48(73)67-19-15-65(16-20-67)44-26-71-40(44)9-5-7-38-42(71)23-46(63-52(38)54(58)59)69-31-56(32-69)25-36(28-76-56)11-12-49(74)68-21-17-66(18-22-68)45-27-72-41(45)10-6-8-39-43(72)24-47(64-53(39)55(60)61)70-33-57(34-70)50-35(2)13-14-62-51(50)37(29-75-3)30-77-57/h4,11-14,23-25,37,40-41,44-45,54-55H,1,5-10,15-22,26-34H2,2-3H3/b12-11+. The Bertz CT molecular complexity index is 2880. The highest BCUT2D eigenvalue weighted by atomic mass is 19.3. The number of carbonyl (C=O) groups excluding carboxylic acids is 2. The van der Waals surface area contributed by atoms with Crippen molar-refractivity contribution < 1.29 is 41.4 Å². The van der Waals surface area contributed by atoms with Crippen LogP contribution in [0.4, 0.5) is 40.6 Å². The first-order valence-electron chi connectivity index (χ1n) is 27.8. The van der Waals surface area contributed by atoms with Crippen molar-refractivity contribution in [2.45, 2.75) is 99.6 Å². The number of carbonyl (C=O) groups is 2. The molecule has 10 aliphatic rings. The lowest BCUT2D eigenvalue weighted by molar-refractivity contribution is -0.129. The van der Waals surface area contributed by atoms with Gasteiger partial charge in [0.2, 0.25) is 11.8 Å². The van der Waals surface area contributed by atoms with Crippen LogP contribution in [0.5, 0.6) is 0 Å². The summed E-state index contributed by atoms with van der Waals surface area (Å²) in [5.74, 6) is 1.03. The molecule has 3 aromatic rings. The Morgan fingerprint density at radius 3 is 1.88 bits per heavy atom. The van der Waals surface area contributed by atoms with E-state index in [1.807, 2.05) is 45.2 Å². The van der Waals surface area contributed by atoms with E-state index in [0.29, 0.717) is 114 Å². The summed E-state index contributed by atoms with van der Waals surface area (Å²) in [6.45, 7) is 16.0. The molecular formula is C57H69F4N11O5. The van der Waals surface area contributed by atoms with Gasteiger partial charge >= 0.3 is 0 Å². The lowest BCUT2D eigenvalue weighted by Gasteiger charge is -2.56. The van der Waals surface area contributed by atoms with Crippen molar-refractivity contribution in [1.29, 1.82) is 0 Å². The molecule has 3 aromatic heterocycles. The molecule has 20 heteroatoms. The Morgan fingerprint density at radius 2 is 1.34 bits per heavy atom. The van der Waals surface area contributed by atoms with Gasteiger partial charge in [0.25, 0.3) is 12.9 Å². The lowest BCUT2D eigenvalue weighted by Crippen LogP contribution is -2.69. The number of aryl methyl sites for hydroxylation is 1. The van der Waals surface area contributed by atoms with E-state index in [0.717, 1.165) is 98.7 Å². The first-order chi connectivity index (χ1) is 37.3. The highest BCUT2D eigenvalue weighted by Crippen LogP contribution is 2.50. The van der Waals surface area contributed by atoms with Crippen molar-refractivity contribution in [2.24, 2.45) is 0 Å². The molecule has 16 nitrogen and oxygen atoms in total. The fraction of sp³-hybridized carbons (Fsp3) is 0.596. The van der Waals surface area contributed by atoms with Crippen LogP contribution in [0.2, 0.25) is 0 Å². The number of rotatable bonds is 11. The Morgan fingerprint density at radius 1 is 0.779 bits per heavy atom. The zero-order chi connectivity index (χ0) is 52.9. The molecule has 0 N–H and O–H groups in total. The van der Waals surface area contributed by atoms with Crippen molar-refractivity contribution in [3.63, 3.8) is 0 Å². The molecule has 0 bridgehead atoms. The maximum Gasteiger partial charge on any atom is 0.280 e. The Hall–Kier alpha value is -5.67. The number of piperazine rings is 2. The van der Waals surface area contributed by atoms with Crippen LogP contribution in [0.25, 0.3) is 0 Å². The van der Waals surface area contributed by atoms with Crippen LogP contribution in [0, 0.1) is 6.92 Å². The SMILES string of the molecule is C=CC(=O)N1CCN(C2CN3c4cc(N5CC6(C=C(/C=C/C(=O)N7CCN(C8CN9c%10cc(N%11CC%12(C%11)OCC(COC)c%11nccc(C)c%11%12)nc(C(F)F)c%10CCCC89)CC7)CO6)C5)nc(C(F)F)c4CCCC23)CC1. The number of anilines is 4. The summed E-state index contributed by atoms with van der Waals surface area (Å²) in [4.78, 5) is 57.2. The van der Waals surface area contributed by atoms with E-state index in [9.17, 15) is 27.2 Å². The third-order valence-electron chi connectivity index (χ3n) is 18.8. The smallest absolute Gasteiger partial charge is 0.280 e. The maximum absolute atomic E-state index is 14.9. The van der Waals surface area contributed by atoms with Gasteiger partial charge in [-0.15, -0.1) is 0 Å². The monoisotopic (exact) mass is 1060 g/mol. The average molecular weight is 1060 g/mol. The van der Waals surface area contributed by atoms with Gasteiger partial charge in [-0.3, -0.25) is 24.4 Å². The van der Waals surface area contributed by atoms with Crippen LogP contribution in [0.15, 0.2) is 60.9 Å². The normalized spacial score (nSPS) is 27.5. The van der Waals surface area contributed by atoms with Crippen molar-refractivity contribution in [3.05, 3.63) is 100 Å². The summed E-state index contributed by atoms with van der Waals surface area (Å²) >= 11 is 0. The van der Waals surface area contributed by atoms with Crippen LogP contribution in [-0.4, -0.2) is 195 Å². The number of aromatic nitrogens is 3. The van der Waals surface area contributed by atoms with Crippen LogP contribution in [0.1, 0.15) is 83.8 Å². The van der Waals surface area contributed by atoms with Crippen LogP contribution in [0.3, 0.4) is 0 Å². The van der Waals surface area contributed by atoms with Crippen LogP contribution < -0.4 is 19.6 Å². The van der Waals surface area contributed by atoms with Gasteiger partial charge < -0.3 is 43.6 Å². The third-order valence-corrected chi connectivity index (χ3v) is 18.8. The fourth-order valence-corrected chi connectivity index (χ4v) is 14.7. The minimum absolute atomic E-state index is 0.0299. The molecule has 2 amide bonds. The number of halogens is 4. The van der Waals surface area contributed by atoms with E-state index in [1.165, 1.54) is 6.08 Å². The van der Waals surface area contributed by atoms with E-state index in [-0.39, 0.29) is 47.2 Å². The number of fused-ring (bicyclic) bond motifs is 8. The molecule has 6 saturated heterocycles. The highest BCUT2D eigenvalue weighted by molar-refractivity contribution is 5.88. The van der Waals surface area contributed by atoms with Crippen LogP contribution in [-0.2, 0) is 42.2 Å². The number of ether oxygens (including phenoxy) is 3. The van der Waals surface area contributed by atoms with Gasteiger partial charge in [-0.2, -0.15) is 0 Å². The van der Waals surface area contributed by atoms with Crippen molar-refractivity contribution in [2.75, 3.05) is 138 Å². The van der Waals surface area contributed by atoms with E-state index in [4.69, 9.17) is 19.2 Å². The topological polar surface area (TPSA) is 126 Å². The molecule has 10 aliphatic heterocycles. The average Bonchev–Trinajstić information content (AvgIpc) is 3.78. The van der Waals surface area contributed by atoms with Crippen LogP contribution >= 0.6 is 0 Å². The number of hydrogen-bond donors (Lipinski definition) is 0. The van der Waals surface area contributed by atoms with Crippen molar-refractivity contribution in [3.8, 4) is 0 Å². The minimum atomic E-state index is -2.69. The highest BCUT2D eigenvalue weighted by Gasteiger charge is 2.54. The predicted octanol–water partition coefficient (Wildman–Crippen LogP) is 5.56. The molecule has 0 radical (unpaired) electrons. The summed E-state index contributed by atoms with van der Waals surface area (Å²) in [7, 11) is 1.68. The quantitative estimate of drug-likeness (QED) is 0.176. The lowest BCUT2D eigenvalue weighted by atomic mass is 9.77. The second-order valence-electron chi connectivity index (χ2n) is 23.1. The molecular weight excluding hydrogens is 995 g/mol. The Kier molecular flexibility index (Phi) is 13.1. The molecule has 13 heterocycles. The summed E-state index contributed by atoms with van der Waals surface area (Å²) in [5.41, 5.74) is 5.70. The fourth-order valence-electron chi connectivity index (χ4n) is 14.7. The zero-order valence-electron chi connectivity index (χ0n) is 44.1. The summed E-state index contributed by atoms with van der Waals surface area (Å²) < 4.78 is 77.7. The van der Waals surface area contributed by atoms with E-state index >= 15 is 0 Å². The Balaban J connectivity index is 0.617. The van der Waals surface area contributed by atoms with Gasteiger partial charge in [-0.1, -0.05) is 12.7 Å². The molecule has 6 fully saturated rings. The van der Waals surface area contributed by atoms with Crippen molar-refractivity contribution >= 4 is 34.8 Å². The first-order valence-corrected chi connectivity index (χ1v) is 27.8. The molecule has 5 unspecified atom stereocenters. The maximum atomic E-state index is 14.9. The number of alkyl halides is 4. The molecule has 0 aliphatic carbocycles. The number of pyridine rings is 3. The van der Waals surface area contributed by atoms with Crippen molar-refractivity contribution in [1.82, 2.24) is 34.6 Å². The third kappa shape index (κ3) is 8.79. The Labute approximate surface area is 447 Å². The molecule has 77 heavy (non-hydrogen) atoms. The molecule has 410 valence electrons. The second-order valence-corrected chi connectivity index (χ2v) is 23.1. The summed E-state index contributed by atoms with van der Waals surface area (Å²) in [6.07, 6.45) is 7.91. The second kappa shape index (κ2) is 19.9. The molecule has 0 aromatic carbocycles. The molecule has 0 saturated carbocycles. The summed E-state index contributed by atoms with van der Waals surface area (Å²) in [5, 5.41) is 0. The predicted molar refractivity (Wildman–Crippen MR) is 282 cm³/mol. The first kappa shape index (κ1) is 50.8. The van der Waals surface area contributed by atoms with Gasteiger partial charge in [-0.25, -0.2) is 27.5 Å². The van der Waals surface area contributed by atoms with Gasteiger partial charge in [-0.05, 0) is 74.8 Å². The van der Waals surface area contributed by atoms with E-state index in [2.05, 4.69) is 54.0 Å². The minimum Gasteiger partial charge on any atom is -0.384 e. The van der Waals surface area contributed by atoms with E-state index in [1.54, 1.807) is 13.2 Å².